The Labute approximate surface area is 118 Å². The second kappa shape index (κ2) is 7.66. The zero-order valence-electron chi connectivity index (χ0n) is 11.4. The Morgan fingerprint density at radius 2 is 2.05 bits per heavy atom. The number of esters is 1. The summed E-state index contributed by atoms with van der Waals surface area (Å²) >= 11 is 0. The van der Waals surface area contributed by atoms with Crippen LogP contribution in [0.25, 0.3) is 6.08 Å². The fourth-order valence-corrected chi connectivity index (χ4v) is 1.37. The van der Waals surface area contributed by atoms with E-state index >= 15 is 0 Å². The molecule has 0 amide bonds. The maximum atomic E-state index is 11.6. The first-order valence-electron chi connectivity index (χ1n) is 6.06. The first-order chi connectivity index (χ1) is 9.56. The summed E-state index contributed by atoms with van der Waals surface area (Å²) in [6.45, 7) is 3.65. The van der Waals surface area contributed by atoms with Gasteiger partial charge in [-0.15, -0.1) is 6.42 Å². The van der Waals surface area contributed by atoms with Crippen LogP contribution in [0, 0.1) is 23.7 Å². The maximum absolute atomic E-state index is 11.6. The Balaban J connectivity index is 2.83. The monoisotopic (exact) mass is 269 g/mol. The Morgan fingerprint density at radius 1 is 1.40 bits per heavy atom. The molecular weight excluding hydrogens is 254 g/mol. The minimum atomic E-state index is -0.629. The molecular formula is C16H15NO3. The van der Waals surface area contributed by atoms with Crippen molar-refractivity contribution in [2.24, 2.45) is 0 Å². The summed E-state index contributed by atoms with van der Waals surface area (Å²) in [5.74, 6) is 2.37. The van der Waals surface area contributed by atoms with Gasteiger partial charge in [0.15, 0.2) is 0 Å². The lowest BCUT2D eigenvalue weighted by molar-refractivity contribution is -0.142. The molecule has 0 radical (unpaired) electrons. The molecule has 0 spiro atoms. The Bertz CT molecular complexity index is 571. The van der Waals surface area contributed by atoms with Gasteiger partial charge < -0.3 is 9.47 Å². The maximum Gasteiger partial charge on any atom is 0.349 e. The van der Waals surface area contributed by atoms with E-state index in [1.165, 1.54) is 6.08 Å². The summed E-state index contributed by atoms with van der Waals surface area (Å²) in [4.78, 5) is 11.6. The van der Waals surface area contributed by atoms with Crippen molar-refractivity contribution in [3.05, 3.63) is 35.4 Å². The number of carbonyl (C=O) groups excluding carboxylic acids is 1. The van der Waals surface area contributed by atoms with Crippen molar-refractivity contribution in [1.29, 1.82) is 5.26 Å². The van der Waals surface area contributed by atoms with E-state index in [1.54, 1.807) is 38.1 Å². The third kappa shape index (κ3) is 4.88. The normalized spacial score (nSPS) is 10.6. The van der Waals surface area contributed by atoms with Gasteiger partial charge in [-0.05, 0) is 37.6 Å². The number of hydrogen-bond donors (Lipinski definition) is 0. The van der Waals surface area contributed by atoms with Crippen molar-refractivity contribution in [1.82, 2.24) is 0 Å². The van der Waals surface area contributed by atoms with Gasteiger partial charge in [-0.1, -0.05) is 18.1 Å². The van der Waals surface area contributed by atoms with Crippen molar-refractivity contribution in [3.8, 4) is 24.2 Å². The molecule has 4 heteroatoms. The van der Waals surface area contributed by atoms with E-state index in [1.807, 2.05) is 6.07 Å². The summed E-state index contributed by atoms with van der Waals surface area (Å²) in [6, 6.07) is 8.72. The van der Waals surface area contributed by atoms with Crippen molar-refractivity contribution in [2.45, 2.75) is 20.0 Å². The summed E-state index contributed by atoms with van der Waals surface area (Å²) in [5.41, 5.74) is 0.659. The van der Waals surface area contributed by atoms with Crippen molar-refractivity contribution in [2.75, 3.05) is 6.61 Å². The fraction of sp³-hybridized carbons (Fsp3) is 0.250. The molecule has 0 saturated carbocycles. The number of nitrogens with zero attached hydrogens (tertiary/aromatic N) is 1. The molecule has 0 bridgehead atoms. The third-order valence-electron chi connectivity index (χ3n) is 2.20. The van der Waals surface area contributed by atoms with E-state index in [0.717, 1.165) is 0 Å². The van der Waals surface area contributed by atoms with Crippen LogP contribution >= 0.6 is 0 Å². The SMILES string of the molecule is C#CCOc1ccc(C=C(C#N)C(=O)OC(C)C)cc1. The molecule has 0 heterocycles. The van der Waals surface area contributed by atoms with Crippen LogP contribution in [0.4, 0.5) is 0 Å². The molecule has 0 aliphatic heterocycles. The zero-order valence-corrected chi connectivity index (χ0v) is 11.4. The Hall–Kier alpha value is -2.72. The van der Waals surface area contributed by atoms with Gasteiger partial charge in [0.2, 0.25) is 0 Å². The summed E-state index contributed by atoms with van der Waals surface area (Å²) in [7, 11) is 0. The average molecular weight is 269 g/mol. The van der Waals surface area contributed by atoms with Crippen LogP contribution in [0.1, 0.15) is 19.4 Å². The van der Waals surface area contributed by atoms with Crippen LogP contribution < -0.4 is 4.74 Å². The standard InChI is InChI=1S/C16H15NO3/c1-4-9-19-15-7-5-13(6-8-15)10-14(11-17)16(18)20-12(2)3/h1,5-8,10,12H,9H2,2-3H3. The number of rotatable bonds is 5. The molecule has 20 heavy (non-hydrogen) atoms. The van der Waals surface area contributed by atoms with Gasteiger partial charge in [-0.3, -0.25) is 0 Å². The van der Waals surface area contributed by atoms with Crippen LogP contribution in [0.3, 0.4) is 0 Å². The molecule has 0 aliphatic rings. The largest absolute Gasteiger partial charge is 0.481 e. The molecule has 0 N–H and O–H groups in total. The predicted molar refractivity (Wildman–Crippen MR) is 75.6 cm³/mol. The second-order valence-electron chi connectivity index (χ2n) is 4.19. The molecule has 1 aromatic rings. The number of benzene rings is 1. The lowest BCUT2D eigenvalue weighted by Gasteiger charge is -2.06. The van der Waals surface area contributed by atoms with E-state index in [-0.39, 0.29) is 18.3 Å². The summed E-state index contributed by atoms with van der Waals surface area (Å²) in [6.07, 6.45) is 6.29. The molecule has 1 rings (SSSR count). The Kier molecular flexibility index (Phi) is 5.87. The molecule has 0 atom stereocenters. The van der Waals surface area contributed by atoms with Gasteiger partial charge in [-0.2, -0.15) is 5.26 Å². The van der Waals surface area contributed by atoms with Crippen molar-refractivity contribution < 1.29 is 14.3 Å². The zero-order chi connectivity index (χ0) is 15.0. The van der Waals surface area contributed by atoms with E-state index in [0.29, 0.717) is 11.3 Å². The fourth-order valence-electron chi connectivity index (χ4n) is 1.37. The van der Waals surface area contributed by atoms with Crippen molar-refractivity contribution in [3.63, 3.8) is 0 Å². The third-order valence-corrected chi connectivity index (χ3v) is 2.20. The highest BCUT2D eigenvalue weighted by Crippen LogP contribution is 2.15. The summed E-state index contributed by atoms with van der Waals surface area (Å²) < 4.78 is 10.2. The molecule has 0 unspecified atom stereocenters. The van der Waals surface area contributed by atoms with Crippen LogP contribution in [0.15, 0.2) is 29.8 Å². The van der Waals surface area contributed by atoms with Crippen LogP contribution in [-0.2, 0) is 9.53 Å². The van der Waals surface area contributed by atoms with Gasteiger partial charge in [0, 0.05) is 0 Å². The number of ether oxygens (including phenoxy) is 2. The molecule has 1 aromatic carbocycles. The lowest BCUT2D eigenvalue weighted by Crippen LogP contribution is -2.12. The van der Waals surface area contributed by atoms with Gasteiger partial charge in [-0.25, -0.2) is 4.79 Å². The first kappa shape index (κ1) is 15.3. The number of terminal acetylenes is 1. The van der Waals surface area contributed by atoms with Crippen molar-refractivity contribution >= 4 is 12.0 Å². The van der Waals surface area contributed by atoms with Gasteiger partial charge >= 0.3 is 5.97 Å². The Morgan fingerprint density at radius 3 is 2.55 bits per heavy atom. The molecule has 0 saturated heterocycles. The lowest BCUT2D eigenvalue weighted by atomic mass is 10.1. The van der Waals surface area contributed by atoms with E-state index < -0.39 is 5.97 Å². The van der Waals surface area contributed by atoms with Crippen LogP contribution in [0.5, 0.6) is 5.75 Å². The minimum absolute atomic E-state index is 0.0454. The highest BCUT2D eigenvalue weighted by molar-refractivity contribution is 5.97. The molecule has 4 nitrogen and oxygen atoms in total. The highest BCUT2D eigenvalue weighted by atomic mass is 16.5. The van der Waals surface area contributed by atoms with Gasteiger partial charge in [0.25, 0.3) is 0 Å². The molecule has 0 aliphatic carbocycles. The number of carbonyl (C=O) groups is 1. The molecule has 0 aromatic heterocycles. The molecule has 0 fully saturated rings. The van der Waals surface area contributed by atoms with E-state index in [4.69, 9.17) is 21.2 Å². The molecule has 102 valence electrons. The first-order valence-corrected chi connectivity index (χ1v) is 6.06. The number of hydrogen-bond acceptors (Lipinski definition) is 4. The van der Waals surface area contributed by atoms with E-state index in [9.17, 15) is 4.79 Å². The quantitative estimate of drug-likeness (QED) is 0.357. The van der Waals surface area contributed by atoms with Crippen LogP contribution in [-0.4, -0.2) is 18.7 Å². The topological polar surface area (TPSA) is 59.3 Å². The van der Waals surface area contributed by atoms with Crippen LogP contribution in [0.2, 0.25) is 0 Å². The van der Waals surface area contributed by atoms with Gasteiger partial charge in [0.05, 0.1) is 6.10 Å². The van der Waals surface area contributed by atoms with E-state index in [2.05, 4.69) is 5.92 Å². The highest BCUT2D eigenvalue weighted by Gasteiger charge is 2.12. The predicted octanol–water partition coefficient (Wildman–Crippen LogP) is 2.56. The van der Waals surface area contributed by atoms with Gasteiger partial charge in [0.1, 0.15) is 24.0 Å². The smallest absolute Gasteiger partial charge is 0.349 e. The summed E-state index contributed by atoms with van der Waals surface area (Å²) in [5, 5.41) is 8.98. The average Bonchev–Trinajstić information content (AvgIpc) is 2.42. The minimum Gasteiger partial charge on any atom is -0.481 e. The number of nitriles is 1. The second-order valence-corrected chi connectivity index (χ2v) is 4.19.